The van der Waals surface area contributed by atoms with E-state index in [-0.39, 0.29) is 5.82 Å². The van der Waals surface area contributed by atoms with Crippen molar-refractivity contribution in [2.75, 3.05) is 20.3 Å². The summed E-state index contributed by atoms with van der Waals surface area (Å²) < 4.78 is 20.4. The zero-order valence-electron chi connectivity index (χ0n) is 12.4. The van der Waals surface area contributed by atoms with E-state index >= 15 is 0 Å². The summed E-state index contributed by atoms with van der Waals surface area (Å²) in [6, 6.07) is 6.71. The molecule has 1 unspecified atom stereocenters. The molecule has 0 amide bonds. The minimum atomic E-state index is -0.193. The van der Waals surface area contributed by atoms with Gasteiger partial charge in [0, 0.05) is 45.4 Å². The van der Waals surface area contributed by atoms with Gasteiger partial charge >= 0.3 is 0 Å². The van der Waals surface area contributed by atoms with Crippen LogP contribution in [-0.4, -0.2) is 34.7 Å². The molecule has 3 rings (SSSR count). The van der Waals surface area contributed by atoms with E-state index in [0.29, 0.717) is 12.5 Å². The van der Waals surface area contributed by atoms with Gasteiger partial charge in [0.1, 0.15) is 5.82 Å². The van der Waals surface area contributed by atoms with Crippen molar-refractivity contribution in [3.05, 3.63) is 53.4 Å². The van der Waals surface area contributed by atoms with Crippen molar-refractivity contribution in [2.24, 2.45) is 7.05 Å². The smallest absolute Gasteiger partial charge is 0.123 e. The zero-order valence-corrected chi connectivity index (χ0v) is 12.4. The maximum absolute atomic E-state index is 13.0. The first-order valence-electron chi connectivity index (χ1n) is 7.13. The number of rotatable bonds is 4. The summed E-state index contributed by atoms with van der Waals surface area (Å²) in [6.45, 7) is 3.24. The molecule has 0 saturated heterocycles. The van der Waals surface area contributed by atoms with Gasteiger partial charge in [0.2, 0.25) is 0 Å². The number of imidazole rings is 1. The number of benzene rings is 1. The molecular weight excluding hydrogens is 269 g/mol. The summed E-state index contributed by atoms with van der Waals surface area (Å²) >= 11 is 0. The summed E-state index contributed by atoms with van der Waals surface area (Å²) in [4.78, 5) is 6.84. The third kappa shape index (κ3) is 2.99. The molecule has 1 atom stereocenters. The van der Waals surface area contributed by atoms with Crippen LogP contribution in [0.25, 0.3) is 0 Å². The summed E-state index contributed by atoms with van der Waals surface area (Å²) in [5, 5.41) is 0. The summed E-state index contributed by atoms with van der Waals surface area (Å²) in [5.41, 5.74) is 3.51. The Morgan fingerprint density at radius 2 is 2.10 bits per heavy atom. The second kappa shape index (κ2) is 5.95. The Labute approximate surface area is 124 Å². The van der Waals surface area contributed by atoms with Crippen molar-refractivity contribution in [1.82, 2.24) is 14.5 Å². The second-order valence-electron chi connectivity index (χ2n) is 5.64. The standard InChI is InChI=1S/C16H20FN3O/c1-19-11-18-15-9-20(8-13(10-21-2)16(15)19)7-12-3-5-14(17)6-4-12/h3-6,11,13H,7-10H2,1-2H3. The van der Waals surface area contributed by atoms with Crippen LogP contribution in [0.3, 0.4) is 0 Å². The highest BCUT2D eigenvalue weighted by molar-refractivity contribution is 5.23. The third-order valence-electron chi connectivity index (χ3n) is 3.99. The lowest BCUT2D eigenvalue weighted by Crippen LogP contribution is -2.35. The molecule has 0 bridgehead atoms. The Kier molecular flexibility index (Phi) is 4.03. The highest BCUT2D eigenvalue weighted by Crippen LogP contribution is 2.28. The van der Waals surface area contributed by atoms with Gasteiger partial charge in [0.05, 0.1) is 18.6 Å². The molecule has 0 fully saturated rings. The van der Waals surface area contributed by atoms with Crippen LogP contribution >= 0.6 is 0 Å². The van der Waals surface area contributed by atoms with E-state index in [4.69, 9.17) is 4.74 Å². The Balaban J connectivity index is 1.78. The molecular formula is C16H20FN3O. The van der Waals surface area contributed by atoms with E-state index in [1.54, 1.807) is 7.11 Å². The maximum Gasteiger partial charge on any atom is 0.123 e. The molecule has 112 valence electrons. The second-order valence-corrected chi connectivity index (χ2v) is 5.64. The fourth-order valence-electron chi connectivity index (χ4n) is 3.11. The molecule has 1 aromatic carbocycles. The average molecular weight is 289 g/mol. The van der Waals surface area contributed by atoms with E-state index in [1.807, 2.05) is 25.5 Å². The molecule has 0 radical (unpaired) electrons. The topological polar surface area (TPSA) is 30.3 Å². The van der Waals surface area contributed by atoms with E-state index in [0.717, 1.165) is 30.9 Å². The van der Waals surface area contributed by atoms with E-state index in [1.165, 1.54) is 17.8 Å². The highest BCUT2D eigenvalue weighted by atomic mass is 19.1. The molecule has 4 nitrogen and oxygen atoms in total. The van der Waals surface area contributed by atoms with Gasteiger partial charge in [-0.05, 0) is 17.7 Å². The minimum Gasteiger partial charge on any atom is -0.384 e. The van der Waals surface area contributed by atoms with Crippen LogP contribution in [0.4, 0.5) is 4.39 Å². The number of fused-ring (bicyclic) bond motifs is 1. The molecule has 5 heteroatoms. The summed E-state index contributed by atoms with van der Waals surface area (Å²) in [7, 11) is 3.76. The van der Waals surface area contributed by atoms with Crippen molar-refractivity contribution >= 4 is 0 Å². The lowest BCUT2D eigenvalue weighted by molar-refractivity contribution is 0.132. The van der Waals surface area contributed by atoms with Crippen LogP contribution < -0.4 is 0 Å². The van der Waals surface area contributed by atoms with Crippen LogP contribution in [0.15, 0.2) is 30.6 Å². The Hall–Kier alpha value is -1.72. The van der Waals surface area contributed by atoms with E-state index in [9.17, 15) is 4.39 Å². The number of halogens is 1. The number of nitrogens with zero attached hydrogens (tertiary/aromatic N) is 3. The van der Waals surface area contributed by atoms with Crippen LogP contribution in [0.1, 0.15) is 22.9 Å². The Morgan fingerprint density at radius 1 is 1.33 bits per heavy atom. The quantitative estimate of drug-likeness (QED) is 0.865. The van der Waals surface area contributed by atoms with Gasteiger partial charge in [0.25, 0.3) is 0 Å². The summed E-state index contributed by atoms with van der Waals surface area (Å²) in [6.07, 6.45) is 1.87. The first kappa shape index (κ1) is 14.2. The molecule has 0 saturated carbocycles. The van der Waals surface area contributed by atoms with Crippen LogP contribution in [0, 0.1) is 5.82 Å². The van der Waals surface area contributed by atoms with Crippen molar-refractivity contribution in [3.8, 4) is 0 Å². The molecule has 1 aliphatic heterocycles. The Bertz CT molecular complexity index is 608. The molecule has 2 aromatic rings. The molecule has 0 aliphatic carbocycles. The lowest BCUT2D eigenvalue weighted by atomic mass is 9.98. The molecule has 1 aromatic heterocycles. The van der Waals surface area contributed by atoms with Gasteiger partial charge in [-0.25, -0.2) is 9.37 Å². The number of hydrogen-bond donors (Lipinski definition) is 0. The molecule has 21 heavy (non-hydrogen) atoms. The predicted octanol–water partition coefficient (Wildman–Crippen LogP) is 2.31. The number of ether oxygens (including phenoxy) is 1. The lowest BCUT2D eigenvalue weighted by Gasteiger charge is -2.32. The SMILES string of the molecule is COCC1CN(Cc2ccc(F)cc2)Cc2ncn(C)c21. The maximum atomic E-state index is 13.0. The number of methoxy groups -OCH3 is 1. The molecule has 0 spiro atoms. The number of hydrogen-bond acceptors (Lipinski definition) is 3. The van der Waals surface area contributed by atoms with Gasteiger partial charge in [0.15, 0.2) is 0 Å². The monoisotopic (exact) mass is 289 g/mol. The number of aryl methyl sites for hydroxylation is 1. The minimum absolute atomic E-state index is 0.193. The zero-order chi connectivity index (χ0) is 14.8. The van der Waals surface area contributed by atoms with Crippen molar-refractivity contribution in [2.45, 2.75) is 19.0 Å². The fraction of sp³-hybridized carbons (Fsp3) is 0.438. The molecule has 1 aliphatic rings. The van der Waals surface area contributed by atoms with Gasteiger partial charge in [-0.1, -0.05) is 12.1 Å². The normalized spacial score (nSPS) is 18.7. The molecule has 0 N–H and O–H groups in total. The fourth-order valence-corrected chi connectivity index (χ4v) is 3.11. The van der Waals surface area contributed by atoms with Gasteiger partial charge in [-0.3, -0.25) is 4.90 Å². The van der Waals surface area contributed by atoms with Gasteiger partial charge in [-0.15, -0.1) is 0 Å². The summed E-state index contributed by atoms with van der Waals surface area (Å²) in [5.74, 6) is 0.133. The van der Waals surface area contributed by atoms with Crippen molar-refractivity contribution in [1.29, 1.82) is 0 Å². The van der Waals surface area contributed by atoms with E-state index < -0.39 is 0 Å². The van der Waals surface area contributed by atoms with Crippen LogP contribution in [0.2, 0.25) is 0 Å². The predicted molar refractivity (Wildman–Crippen MR) is 78.3 cm³/mol. The number of aromatic nitrogens is 2. The third-order valence-corrected chi connectivity index (χ3v) is 3.99. The van der Waals surface area contributed by atoms with E-state index in [2.05, 4.69) is 14.5 Å². The van der Waals surface area contributed by atoms with Gasteiger partial charge < -0.3 is 9.30 Å². The van der Waals surface area contributed by atoms with Crippen LogP contribution in [-0.2, 0) is 24.9 Å². The van der Waals surface area contributed by atoms with Gasteiger partial charge in [-0.2, -0.15) is 0 Å². The van der Waals surface area contributed by atoms with Crippen molar-refractivity contribution < 1.29 is 9.13 Å². The highest BCUT2D eigenvalue weighted by Gasteiger charge is 2.28. The van der Waals surface area contributed by atoms with Crippen LogP contribution in [0.5, 0.6) is 0 Å². The average Bonchev–Trinajstić information content (AvgIpc) is 2.83. The first-order valence-corrected chi connectivity index (χ1v) is 7.13. The largest absolute Gasteiger partial charge is 0.384 e. The Morgan fingerprint density at radius 3 is 2.81 bits per heavy atom. The molecule has 2 heterocycles. The first-order chi connectivity index (χ1) is 10.2. The van der Waals surface area contributed by atoms with Crippen molar-refractivity contribution in [3.63, 3.8) is 0 Å².